The molecule has 4 heteroatoms. The quantitative estimate of drug-likeness (QED) is 0.472. The lowest BCUT2D eigenvalue weighted by Crippen LogP contribution is -2.00. The Labute approximate surface area is 101 Å². The first-order valence-electron chi connectivity index (χ1n) is 4.99. The number of pyridine rings is 1. The second-order valence-electron chi connectivity index (χ2n) is 3.31. The van der Waals surface area contributed by atoms with Gasteiger partial charge in [0.25, 0.3) is 0 Å². The molecule has 0 aliphatic rings. The SMILES string of the molecule is Cc1cc(C)nc(SCCOCCS)c1. The Bertz CT molecular complexity index is 284. The molecular weight excluding hydrogens is 226 g/mol. The lowest BCUT2D eigenvalue weighted by molar-refractivity contribution is 0.167. The van der Waals surface area contributed by atoms with E-state index in [-0.39, 0.29) is 0 Å². The Balaban J connectivity index is 2.31. The standard InChI is InChI=1S/C11H17NOS2/c1-9-7-10(2)12-11(8-9)15-6-4-13-3-5-14/h7-8,14H,3-6H2,1-2H3. The minimum Gasteiger partial charge on any atom is -0.380 e. The van der Waals surface area contributed by atoms with Crippen molar-refractivity contribution in [2.24, 2.45) is 0 Å². The lowest BCUT2D eigenvalue weighted by atomic mass is 10.3. The molecule has 1 aromatic rings. The molecule has 2 nitrogen and oxygen atoms in total. The average Bonchev–Trinajstić information content (AvgIpc) is 2.16. The highest BCUT2D eigenvalue weighted by Crippen LogP contribution is 2.17. The molecule has 0 unspecified atom stereocenters. The Kier molecular flexibility index (Phi) is 6.13. The van der Waals surface area contributed by atoms with Crippen LogP contribution in [0, 0.1) is 13.8 Å². The van der Waals surface area contributed by atoms with E-state index in [1.807, 2.05) is 6.92 Å². The molecule has 0 saturated carbocycles. The molecule has 0 radical (unpaired) electrons. The van der Waals surface area contributed by atoms with Crippen LogP contribution in [0.25, 0.3) is 0 Å². The molecule has 0 aliphatic heterocycles. The van der Waals surface area contributed by atoms with Gasteiger partial charge in [0.05, 0.1) is 18.2 Å². The second kappa shape index (κ2) is 7.14. The van der Waals surface area contributed by atoms with E-state index in [9.17, 15) is 0 Å². The Hall–Kier alpha value is -0.190. The number of thioether (sulfide) groups is 1. The van der Waals surface area contributed by atoms with Crippen LogP contribution in [0.2, 0.25) is 0 Å². The number of hydrogen-bond donors (Lipinski definition) is 1. The number of aryl methyl sites for hydroxylation is 2. The van der Waals surface area contributed by atoms with E-state index in [4.69, 9.17) is 4.74 Å². The number of hydrogen-bond acceptors (Lipinski definition) is 4. The molecule has 0 aliphatic carbocycles. The van der Waals surface area contributed by atoms with Crippen LogP contribution in [0.4, 0.5) is 0 Å². The molecule has 0 bridgehead atoms. The third kappa shape index (κ3) is 5.44. The molecule has 1 aromatic heterocycles. The molecule has 0 saturated heterocycles. The Morgan fingerprint density at radius 3 is 2.80 bits per heavy atom. The van der Waals surface area contributed by atoms with E-state index in [0.29, 0.717) is 0 Å². The maximum absolute atomic E-state index is 5.34. The van der Waals surface area contributed by atoms with E-state index in [1.54, 1.807) is 11.8 Å². The molecule has 1 heterocycles. The summed E-state index contributed by atoms with van der Waals surface area (Å²) in [6.45, 7) is 5.61. The topological polar surface area (TPSA) is 22.1 Å². The largest absolute Gasteiger partial charge is 0.380 e. The van der Waals surface area contributed by atoms with Crippen molar-refractivity contribution in [3.05, 3.63) is 23.4 Å². The van der Waals surface area contributed by atoms with Crippen LogP contribution >= 0.6 is 24.4 Å². The zero-order valence-electron chi connectivity index (χ0n) is 9.19. The normalized spacial score (nSPS) is 10.6. The van der Waals surface area contributed by atoms with Crippen molar-refractivity contribution in [3.63, 3.8) is 0 Å². The maximum atomic E-state index is 5.34. The van der Waals surface area contributed by atoms with Gasteiger partial charge in [-0.2, -0.15) is 12.6 Å². The Morgan fingerprint density at radius 1 is 1.33 bits per heavy atom. The zero-order chi connectivity index (χ0) is 11.1. The van der Waals surface area contributed by atoms with Gasteiger partial charge in [0.2, 0.25) is 0 Å². The van der Waals surface area contributed by atoms with E-state index >= 15 is 0 Å². The van der Waals surface area contributed by atoms with E-state index in [0.717, 1.165) is 35.4 Å². The third-order valence-corrected chi connectivity index (χ3v) is 2.85. The summed E-state index contributed by atoms with van der Waals surface area (Å²) in [7, 11) is 0. The zero-order valence-corrected chi connectivity index (χ0v) is 10.9. The van der Waals surface area contributed by atoms with Crippen LogP contribution in [-0.4, -0.2) is 29.7 Å². The predicted molar refractivity (Wildman–Crippen MR) is 69.1 cm³/mol. The number of thiol groups is 1. The minimum atomic E-state index is 0.726. The van der Waals surface area contributed by atoms with E-state index < -0.39 is 0 Å². The van der Waals surface area contributed by atoms with Crippen molar-refractivity contribution in [1.82, 2.24) is 4.98 Å². The van der Waals surface area contributed by atoms with Gasteiger partial charge in [-0.15, -0.1) is 11.8 Å². The first-order chi connectivity index (χ1) is 7.22. The van der Waals surface area contributed by atoms with Gasteiger partial charge in [0, 0.05) is 17.2 Å². The summed E-state index contributed by atoms with van der Waals surface area (Å²) in [6.07, 6.45) is 0. The maximum Gasteiger partial charge on any atom is 0.0966 e. The first kappa shape index (κ1) is 12.9. The monoisotopic (exact) mass is 243 g/mol. The van der Waals surface area contributed by atoms with Crippen LogP contribution in [-0.2, 0) is 4.74 Å². The second-order valence-corrected chi connectivity index (χ2v) is 4.87. The van der Waals surface area contributed by atoms with Crippen molar-refractivity contribution in [1.29, 1.82) is 0 Å². The van der Waals surface area contributed by atoms with Crippen molar-refractivity contribution in [2.75, 3.05) is 24.7 Å². The summed E-state index contributed by atoms with van der Waals surface area (Å²) in [5.41, 5.74) is 2.34. The van der Waals surface area contributed by atoms with Gasteiger partial charge < -0.3 is 4.74 Å². The highest BCUT2D eigenvalue weighted by atomic mass is 32.2. The summed E-state index contributed by atoms with van der Waals surface area (Å²) >= 11 is 5.81. The van der Waals surface area contributed by atoms with Crippen LogP contribution in [0.15, 0.2) is 17.2 Å². The van der Waals surface area contributed by atoms with Crippen LogP contribution in [0.3, 0.4) is 0 Å². The molecule has 0 atom stereocenters. The predicted octanol–water partition coefficient (Wildman–Crippen LogP) is 2.74. The minimum absolute atomic E-state index is 0.726. The summed E-state index contributed by atoms with van der Waals surface area (Å²) in [4.78, 5) is 4.44. The summed E-state index contributed by atoms with van der Waals surface area (Å²) < 4.78 is 5.34. The van der Waals surface area contributed by atoms with Gasteiger partial charge in [0.15, 0.2) is 0 Å². The number of aromatic nitrogens is 1. The fourth-order valence-electron chi connectivity index (χ4n) is 1.25. The van der Waals surface area contributed by atoms with Gasteiger partial charge in [-0.05, 0) is 31.5 Å². The average molecular weight is 243 g/mol. The molecule has 15 heavy (non-hydrogen) atoms. The number of nitrogens with zero attached hydrogens (tertiary/aromatic N) is 1. The first-order valence-corrected chi connectivity index (χ1v) is 6.61. The molecule has 84 valence electrons. The van der Waals surface area contributed by atoms with Gasteiger partial charge in [0.1, 0.15) is 0 Å². The summed E-state index contributed by atoms with van der Waals surface area (Å²) in [5, 5.41) is 1.09. The van der Waals surface area contributed by atoms with E-state index in [1.165, 1.54) is 5.56 Å². The molecular formula is C11H17NOS2. The lowest BCUT2D eigenvalue weighted by Gasteiger charge is -2.04. The van der Waals surface area contributed by atoms with Crippen LogP contribution in [0.1, 0.15) is 11.3 Å². The third-order valence-electron chi connectivity index (χ3n) is 1.79. The van der Waals surface area contributed by atoms with E-state index in [2.05, 4.69) is 36.7 Å². The summed E-state index contributed by atoms with van der Waals surface area (Å²) in [6, 6.07) is 4.19. The Morgan fingerprint density at radius 2 is 2.13 bits per heavy atom. The summed E-state index contributed by atoms with van der Waals surface area (Å²) in [5.74, 6) is 1.73. The van der Waals surface area contributed by atoms with Gasteiger partial charge in [-0.1, -0.05) is 0 Å². The van der Waals surface area contributed by atoms with Gasteiger partial charge in [-0.3, -0.25) is 0 Å². The molecule has 0 N–H and O–H groups in total. The molecule has 0 spiro atoms. The fraction of sp³-hybridized carbons (Fsp3) is 0.545. The fourth-order valence-corrected chi connectivity index (χ4v) is 2.27. The van der Waals surface area contributed by atoms with Gasteiger partial charge >= 0.3 is 0 Å². The highest BCUT2D eigenvalue weighted by molar-refractivity contribution is 7.99. The van der Waals surface area contributed by atoms with Crippen molar-refractivity contribution >= 4 is 24.4 Å². The molecule has 1 rings (SSSR count). The van der Waals surface area contributed by atoms with Crippen LogP contribution in [0.5, 0.6) is 0 Å². The number of ether oxygens (including phenoxy) is 1. The smallest absolute Gasteiger partial charge is 0.0966 e. The van der Waals surface area contributed by atoms with Crippen LogP contribution < -0.4 is 0 Å². The number of rotatable bonds is 6. The molecule has 0 aromatic carbocycles. The molecule has 0 fully saturated rings. The van der Waals surface area contributed by atoms with Crippen molar-refractivity contribution < 1.29 is 4.74 Å². The molecule has 0 amide bonds. The highest BCUT2D eigenvalue weighted by Gasteiger charge is 1.98. The van der Waals surface area contributed by atoms with Crippen molar-refractivity contribution in [2.45, 2.75) is 18.9 Å². The van der Waals surface area contributed by atoms with Crippen molar-refractivity contribution in [3.8, 4) is 0 Å². The van der Waals surface area contributed by atoms with Gasteiger partial charge in [-0.25, -0.2) is 4.98 Å².